The topological polar surface area (TPSA) is 36.3 Å². The van der Waals surface area contributed by atoms with Crippen molar-refractivity contribution in [1.29, 1.82) is 5.26 Å². The third-order valence-electron chi connectivity index (χ3n) is 2.90. The Kier molecular flexibility index (Phi) is 3.92. The summed E-state index contributed by atoms with van der Waals surface area (Å²) in [5.74, 6) is -0.0284. The van der Waals surface area contributed by atoms with Crippen molar-refractivity contribution >= 4 is 0 Å². The van der Waals surface area contributed by atoms with Gasteiger partial charge in [0.1, 0.15) is 0 Å². The molecule has 1 atom stereocenters. The monoisotopic (exact) mass is 216 g/mol. The Balaban J connectivity index is 1.98. The van der Waals surface area contributed by atoms with Crippen molar-refractivity contribution in [2.24, 2.45) is 0 Å². The molecule has 0 spiro atoms. The van der Waals surface area contributed by atoms with Crippen LogP contribution < -0.4 is 0 Å². The van der Waals surface area contributed by atoms with Gasteiger partial charge >= 0.3 is 0 Å². The quantitative estimate of drug-likeness (QED) is 0.770. The van der Waals surface area contributed by atoms with Gasteiger partial charge in [-0.1, -0.05) is 30.3 Å². The van der Waals surface area contributed by atoms with E-state index in [2.05, 4.69) is 11.0 Å². The maximum atomic E-state index is 9.20. The van der Waals surface area contributed by atoms with Crippen LogP contribution in [0.3, 0.4) is 0 Å². The van der Waals surface area contributed by atoms with E-state index in [-0.39, 0.29) is 5.92 Å². The zero-order valence-corrected chi connectivity index (χ0v) is 9.30. The molecule has 1 heterocycles. The van der Waals surface area contributed by atoms with Crippen LogP contribution >= 0.6 is 0 Å². The number of nitriles is 1. The van der Waals surface area contributed by atoms with Crippen LogP contribution in [-0.4, -0.2) is 37.7 Å². The number of hydrogen-bond acceptors (Lipinski definition) is 3. The maximum Gasteiger partial charge on any atom is 0.0839 e. The molecule has 0 aromatic heterocycles. The largest absolute Gasteiger partial charge is 0.379 e. The van der Waals surface area contributed by atoms with E-state index in [9.17, 15) is 5.26 Å². The fourth-order valence-corrected chi connectivity index (χ4v) is 1.95. The smallest absolute Gasteiger partial charge is 0.0839 e. The fraction of sp³-hybridized carbons (Fsp3) is 0.462. The molecule has 0 aliphatic carbocycles. The Labute approximate surface area is 96.2 Å². The zero-order chi connectivity index (χ0) is 11.2. The molecule has 2 rings (SSSR count). The first-order valence-corrected chi connectivity index (χ1v) is 5.65. The first-order chi connectivity index (χ1) is 7.90. The number of rotatable bonds is 3. The molecule has 1 fully saturated rings. The molecule has 3 nitrogen and oxygen atoms in total. The van der Waals surface area contributed by atoms with Crippen LogP contribution in [0.1, 0.15) is 11.5 Å². The summed E-state index contributed by atoms with van der Waals surface area (Å²) in [6.45, 7) is 4.25. The number of hydrogen-bond donors (Lipinski definition) is 0. The molecule has 16 heavy (non-hydrogen) atoms. The van der Waals surface area contributed by atoms with Crippen LogP contribution in [0.2, 0.25) is 0 Å². The van der Waals surface area contributed by atoms with Crippen LogP contribution in [0.4, 0.5) is 0 Å². The predicted molar refractivity (Wildman–Crippen MR) is 62.1 cm³/mol. The van der Waals surface area contributed by atoms with E-state index in [0.717, 1.165) is 38.4 Å². The zero-order valence-electron chi connectivity index (χ0n) is 9.30. The van der Waals surface area contributed by atoms with Gasteiger partial charge in [0.25, 0.3) is 0 Å². The van der Waals surface area contributed by atoms with Crippen LogP contribution in [0.25, 0.3) is 0 Å². The maximum absolute atomic E-state index is 9.20. The van der Waals surface area contributed by atoms with E-state index < -0.39 is 0 Å². The molecule has 84 valence electrons. The lowest BCUT2D eigenvalue weighted by Crippen LogP contribution is -2.38. The van der Waals surface area contributed by atoms with Gasteiger partial charge in [0.05, 0.1) is 25.2 Å². The van der Waals surface area contributed by atoms with Gasteiger partial charge < -0.3 is 4.74 Å². The molecule has 0 bridgehead atoms. The van der Waals surface area contributed by atoms with Crippen LogP contribution in [0.5, 0.6) is 0 Å². The number of benzene rings is 1. The molecule has 1 aromatic rings. The predicted octanol–water partition coefficient (Wildman–Crippen LogP) is 1.63. The molecule has 1 aliphatic heterocycles. The standard InChI is InChI=1S/C13H16N2O/c14-10-13(12-4-2-1-3-5-12)11-15-6-8-16-9-7-15/h1-5,13H,6-9,11H2. The summed E-state index contributed by atoms with van der Waals surface area (Å²) in [6.07, 6.45) is 0. The highest BCUT2D eigenvalue weighted by atomic mass is 16.5. The van der Waals surface area contributed by atoms with Crippen LogP contribution in [-0.2, 0) is 4.74 Å². The van der Waals surface area contributed by atoms with Gasteiger partial charge in [0.15, 0.2) is 0 Å². The Bertz CT molecular complexity index is 352. The average molecular weight is 216 g/mol. The number of morpholine rings is 1. The van der Waals surface area contributed by atoms with Crippen molar-refractivity contribution in [3.63, 3.8) is 0 Å². The van der Waals surface area contributed by atoms with E-state index in [0.29, 0.717) is 0 Å². The average Bonchev–Trinajstić information content (AvgIpc) is 2.38. The SMILES string of the molecule is N#CC(CN1CCOCC1)c1ccccc1. The lowest BCUT2D eigenvalue weighted by atomic mass is 10.00. The van der Waals surface area contributed by atoms with Crippen molar-refractivity contribution in [2.75, 3.05) is 32.8 Å². The van der Waals surface area contributed by atoms with E-state index in [1.165, 1.54) is 0 Å². The minimum absolute atomic E-state index is 0.0284. The summed E-state index contributed by atoms with van der Waals surface area (Å²) in [7, 11) is 0. The molecule has 1 saturated heterocycles. The minimum Gasteiger partial charge on any atom is -0.379 e. The highest BCUT2D eigenvalue weighted by molar-refractivity contribution is 5.25. The van der Waals surface area contributed by atoms with Crippen LogP contribution in [0.15, 0.2) is 30.3 Å². The molecule has 1 unspecified atom stereocenters. The van der Waals surface area contributed by atoms with Crippen molar-refractivity contribution < 1.29 is 4.74 Å². The highest BCUT2D eigenvalue weighted by Crippen LogP contribution is 2.16. The van der Waals surface area contributed by atoms with E-state index >= 15 is 0 Å². The molecule has 0 N–H and O–H groups in total. The summed E-state index contributed by atoms with van der Waals surface area (Å²) < 4.78 is 5.30. The van der Waals surface area contributed by atoms with Crippen LogP contribution in [0, 0.1) is 11.3 Å². The molecular formula is C13H16N2O. The van der Waals surface area contributed by atoms with E-state index in [1.54, 1.807) is 0 Å². The summed E-state index contributed by atoms with van der Waals surface area (Å²) in [6, 6.07) is 12.4. The first-order valence-electron chi connectivity index (χ1n) is 5.65. The Morgan fingerprint density at radius 1 is 1.25 bits per heavy atom. The third-order valence-corrected chi connectivity index (χ3v) is 2.90. The molecule has 3 heteroatoms. The van der Waals surface area contributed by atoms with Crippen molar-refractivity contribution in [3.8, 4) is 6.07 Å². The van der Waals surface area contributed by atoms with Gasteiger partial charge in [-0.3, -0.25) is 4.90 Å². The Morgan fingerprint density at radius 2 is 1.94 bits per heavy atom. The lowest BCUT2D eigenvalue weighted by Gasteiger charge is -2.28. The highest BCUT2D eigenvalue weighted by Gasteiger charge is 2.17. The van der Waals surface area contributed by atoms with Crippen molar-refractivity contribution in [2.45, 2.75) is 5.92 Å². The van der Waals surface area contributed by atoms with Gasteiger partial charge in [-0.25, -0.2) is 0 Å². The van der Waals surface area contributed by atoms with Gasteiger partial charge in [0.2, 0.25) is 0 Å². The molecule has 0 saturated carbocycles. The van der Waals surface area contributed by atoms with E-state index in [4.69, 9.17) is 4.74 Å². The second-order valence-corrected chi connectivity index (χ2v) is 4.01. The van der Waals surface area contributed by atoms with E-state index in [1.807, 2.05) is 30.3 Å². The van der Waals surface area contributed by atoms with Crippen molar-refractivity contribution in [1.82, 2.24) is 4.90 Å². The number of nitrogens with zero attached hydrogens (tertiary/aromatic N) is 2. The summed E-state index contributed by atoms with van der Waals surface area (Å²) in [4.78, 5) is 2.30. The van der Waals surface area contributed by atoms with Gasteiger partial charge in [0, 0.05) is 19.6 Å². The molecular weight excluding hydrogens is 200 g/mol. The molecule has 0 radical (unpaired) electrons. The Morgan fingerprint density at radius 3 is 2.56 bits per heavy atom. The summed E-state index contributed by atoms with van der Waals surface area (Å²) in [5, 5.41) is 9.20. The second-order valence-electron chi connectivity index (χ2n) is 4.01. The summed E-state index contributed by atoms with van der Waals surface area (Å²) in [5.41, 5.74) is 1.11. The fourth-order valence-electron chi connectivity index (χ4n) is 1.95. The molecule has 1 aliphatic rings. The lowest BCUT2D eigenvalue weighted by molar-refractivity contribution is 0.0370. The summed E-state index contributed by atoms with van der Waals surface area (Å²) >= 11 is 0. The minimum atomic E-state index is -0.0284. The first kappa shape index (κ1) is 11.1. The third kappa shape index (κ3) is 2.82. The van der Waals surface area contributed by atoms with Gasteiger partial charge in [-0.15, -0.1) is 0 Å². The van der Waals surface area contributed by atoms with Gasteiger partial charge in [-0.05, 0) is 5.56 Å². The normalized spacial score (nSPS) is 18.9. The molecule has 0 amide bonds. The molecule has 1 aromatic carbocycles. The van der Waals surface area contributed by atoms with Gasteiger partial charge in [-0.2, -0.15) is 5.26 Å². The number of ether oxygens (including phenoxy) is 1. The second kappa shape index (κ2) is 5.64. The Hall–Kier alpha value is -1.37. The van der Waals surface area contributed by atoms with Crippen molar-refractivity contribution in [3.05, 3.63) is 35.9 Å².